The van der Waals surface area contributed by atoms with Gasteiger partial charge in [0.05, 0.1) is 18.8 Å². The molecule has 1 amide bonds. The third kappa shape index (κ3) is 3.04. The summed E-state index contributed by atoms with van der Waals surface area (Å²) >= 11 is 0. The minimum Gasteiger partial charge on any atom is -0.496 e. The molecule has 1 aliphatic carbocycles. The topological polar surface area (TPSA) is 49.8 Å². The number of nitrogens with zero attached hydrogens (tertiary/aromatic N) is 1. The summed E-state index contributed by atoms with van der Waals surface area (Å²) in [7, 11) is 1.67. The van der Waals surface area contributed by atoms with Crippen LogP contribution >= 0.6 is 0 Å². The summed E-state index contributed by atoms with van der Waals surface area (Å²) in [6.07, 6.45) is 6.12. The van der Waals surface area contributed by atoms with E-state index in [9.17, 15) is 9.90 Å². The average molecular weight is 331 g/mol. The van der Waals surface area contributed by atoms with Crippen LogP contribution in [0.3, 0.4) is 0 Å². The number of likely N-dealkylation sites (tertiary alicyclic amines) is 1. The Hall–Kier alpha value is -1.55. The summed E-state index contributed by atoms with van der Waals surface area (Å²) in [5.74, 6) is 1.10. The molecule has 1 aliphatic heterocycles. The lowest BCUT2D eigenvalue weighted by Gasteiger charge is -2.52. The predicted octanol–water partition coefficient (Wildman–Crippen LogP) is 3.69. The number of para-hydroxylation sites is 1. The van der Waals surface area contributed by atoms with Crippen LogP contribution in [0.15, 0.2) is 24.3 Å². The van der Waals surface area contributed by atoms with Crippen LogP contribution in [-0.2, 0) is 4.79 Å². The van der Waals surface area contributed by atoms with Crippen LogP contribution in [0, 0.1) is 5.92 Å². The van der Waals surface area contributed by atoms with Gasteiger partial charge in [-0.25, -0.2) is 0 Å². The lowest BCUT2D eigenvalue weighted by atomic mass is 9.66. The van der Waals surface area contributed by atoms with Gasteiger partial charge in [0.2, 0.25) is 5.91 Å². The van der Waals surface area contributed by atoms with E-state index in [0.717, 1.165) is 43.4 Å². The second kappa shape index (κ2) is 7.14. The quantitative estimate of drug-likeness (QED) is 0.915. The highest BCUT2D eigenvalue weighted by atomic mass is 16.5. The van der Waals surface area contributed by atoms with Gasteiger partial charge < -0.3 is 14.7 Å². The Labute approximate surface area is 144 Å². The largest absolute Gasteiger partial charge is 0.496 e. The SMILES string of the molecule is CCCC(=O)N1CC[C@@]2(O)CCCC[C@H]2[C@@H]1c1ccccc1OC. The van der Waals surface area contributed by atoms with Gasteiger partial charge in [0.15, 0.2) is 0 Å². The zero-order valence-electron chi connectivity index (χ0n) is 14.8. The average Bonchev–Trinajstić information content (AvgIpc) is 2.60. The van der Waals surface area contributed by atoms with Crippen LogP contribution < -0.4 is 4.74 Å². The van der Waals surface area contributed by atoms with E-state index in [-0.39, 0.29) is 17.9 Å². The molecule has 1 aromatic rings. The van der Waals surface area contributed by atoms with Crippen molar-refractivity contribution in [2.45, 2.75) is 63.5 Å². The number of hydrogen-bond donors (Lipinski definition) is 1. The molecule has 0 aromatic heterocycles. The zero-order chi connectivity index (χ0) is 17.2. The second-order valence-electron chi connectivity index (χ2n) is 7.23. The molecule has 1 N–H and O–H groups in total. The standard InChI is InChI=1S/C20H29NO3/c1-3-8-18(22)21-14-13-20(23)12-7-6-10-16(20)19(21)15-9-4-5-11-17(15)24-2/h4-5,9,11,16,19,23H,3,6-8,10,12-14H2,1-2H3/t16-,19-,20-/m0/s1. The van der Waals surface area contributed by atoms with E-state index >= 15 is 0 Å². The maximum Gasteiger partial charge on any atom is 0.223 e. The lowest BCUT2D eigenvalue weighted by molar-refractivity contribution is -0.155. The molecule has 0 bridgehead atoms. The van der Waals surface area contributed by atoms with Crippen molar-refractivity contribution in [1.82, 2.24) is 4.90 Å². The highest BCUT2D eigenvalue weighted by molar-refractivity contribution is 5.77. The Bertz CT molecular complexity index is 588. The zero-order valence-corrected chi connectivity index (χ0v) is 14.8. The van der Waals surface area contributed by atoms with Gasteiger partial charge in [0.1, 0.15) is 5.75 Å². The Morgan fingerprint density at radius 2 is 2.12 bits per heavy atom. The van der Waals surface area contributed by atoms with E-state index in [1.807, 2.05) is 30.0 Å². The fraction of sp³-hybridized carbons (Fsp3) is 0.650. The Morgan fingerprint density at radius 3 is 2.88 bits per heavy atom. The molecular weight excluding hydrogens is 302 g/mol. The van der Waals surface area contributed by atoms with Crippen molar-refractivity contribution in [3.63, 3.8) is 0 Å². The summed E-state index contributed by atoms with van der Waals surface area (Å²) < 4.78 is 5.58. The minimum atomic E-state index is -0.646. The van der Waals surface area contributed by atoms with Gasteiger partial charge in [-0.2, -0.15) is 0 Å². The first kappa shape index (κ1) is 17.3. The first-order valence-corrected chi connectivity index (χ1v) is 9.25. The molecule has 2 fully saturated rings. The summed E-state index contributed by atoms with van der Waals surface area (Å²) in [5.41, 5.74) is 0.390. The van der Waals surface area contributed by atoms with Crippen molar-refractivity contribution < 1.29 is 14.6 Å². The third-order valence-corrected chi connectivity index (χ3v) is 5.81. The van der Waals surface area contributed by atoms with Crippen molar-refractivity contribution in [3.8, 4) is 5.75 Å². The van der Waals surface area contributed by atoms with Crippen LogP contribution in [0.4, 0.5) is 0 Å². The van der Waals surface area contributed by atoms with Crippen LogP contribution in [0.1, 0.15) is 63.5 Å². The van der Waals surface area contributed by atoms with Crippen LogP contribution in [0.2, 0.25) is 0 Å². The van der Waals surface area contributed by atoms with E-state index < -0.39 is 5.60 Å². The highest BCUT2D eigenvalue weighted by Gasteiger charge is 2.50. The third-order valence-electron chi connectivity index (χ3n) is 5.81. The molecule has 24 heavy (non-hydrogen) atoms. The molecule has 4 nitrogen and oxygen atoms in total. The van der Waals surface area contributed by atoms with Gasteiger partial charge >= 0.3 is 0 Å². The smallest absolute Gasteiger partial charge is 0.223 e. The maximum atomic E-state index is 12.8. The molecule has 0 spiro atoms. The Kier molecular flexibility index (Phi) is 5.14. The molecule has 1 aromatic carbocycles. The van der Waals surface area contributed by atoms with Gasteiger partial charge in [0, 0.05) is 24.4 Å². The number of carbonyl (C=O) groups is 1. The summed E-state index contributed by atoms with van der Waals surface area (Å²) in [4.78, 5) is 14.8. The maximum absolute atomic E-state index is 12.8. The van der Waals surface area contributed by atoms with Crippen LogP contribution in [-0.4, -0.2) is 35.2 Å². The lowest BCUT2D eigenvalue weighted by Crippen LogP contribution is -2.56. The monoisotopic (exact) mass is 331 g/mol. The fourth-order valence-electron chi connectivity index (χ4n) is 4.61. The van der Waals surface area contributed by atoms with E-state index in [4.69, 9.17) is 4.74 Å². The number of piperidine rings is 1. The molecule has 0 unspecified atom stereocenters. The van der Waals surface area contributed by atoms with E-state index in [1.54, 1.807) is 7.11 Å². The molecular formula is C20H29NO3. The normalized spacial score (nSPS) is 29.9. The van der Waals surface area contributed by atoms with Gasteiger partial charge in [-0.1, -0.05) is 38.0 Å². The Morgan fingerprint density at radius 1 is 1.33 bits per heavy atom. The summed E-state index contributed by atoms with van der Waals surface area (Å²) in [6, 6.07) is 7.87. The predicted molar refractivity (Wildman–Crippen MR) is 93.9 cm³/mol. The molecule has 2 aliphatic rings. The van der Waals surface area contributed by atoms with Crippen LogP contribution in [0.25, 0.3) is 0 Å². The number of amides is 1. The summed E-state index contributed by atoms with van der Waals surface area (Å²) in [5, 5.41) is 11.2. The van der Waals surface area contributed by atoms with Gasteiger partial charge in [-0.3, -0.25) is 4.79 Å². The number of hydrogen-bond acceptors (Lipinski definition) is 3. The molecule has 3 rings (SSSR count). The minimum absolute atomic E-state index is 0.0840. The number of benzene rings is 1. The van der Waals surface area contributed by atoms with Crippen molar-refractivity contribution in [1.29, 1.82) is 0 Å². The number of fused-ring (bicyclic) bond motifs is 1. The van der Waals surface area contributed by atoms with Gasteiger partial charge in [-0.05, 0) is 31.7 Å². The molecule has 4 heteroatoms. The van der Waals surface area contributed by atoms with E-state index in [1.165, 1.54) is 0 Å². The number of aliphatic hydroxyl groups is 1. The number of rotatable bonds is 4. The molecule has 3 atom stereocenters. The molecule has 1 saturated heterocycles. The first-order chi connectivity index (χ1) is 11.6. The number of ether oxygens (including phenoxy) is 1. The molecule has 1 saturated carbocycles. The molecule has 0 radical (unpaired) electrons. The molecule has 1 heterocycles. The van der Waals surface area contributed by atoms with Crippen molar-refractivity contribution >= 4 is 5.91 Å². The summed E-state index contributed by atoms with van der Waals surface area (Å²) in [6.45, 7) is 2.67. The highest BCUT2D eigenvalue weighted by Crippen LogP contribution is 2.50. The number of methoxy groups -OCH3 is 1. The van der Waals surface area contributed by atoms with Crippen molar-refractivity contribution in [2.75, 3.05) is 13.7 Å². The second-order valence-corrected chi connectivity index (χ2v) is 7.23. The molecule has 132 valence electrons. The van der Waals surface area contributed by atoms with E-state index in [2.05, 4.69) is 6.07 Å². The van der Waals surface area contributed by atoms with Crippen LogP contribution in [0.5, 0.6) is 5.75 Å². The van der Waals surface area contributed by atoms with Crippen molar-refractivity contribution in [3.05, 3.63) is 29.8 Å². The Balaban J connectivity index is 2.03. The van der Waals surface area contributed by atoms with E-state index in [0.29, 0.717) is 19.4 Å². The van der Waals surface area contributed by atoms with Gasteiger partial charge in [-0.15, -0.1) is 0 Å². The fourth-order valence-corrected chi connectivity index (χ4v) is 4.61. The number of carbonyl (C=O) groups excluding carboxylic acids is 1. The van der Waals surface area contributed by atoms with Gasteiger partial charge in [0.25, 0.3) is 0 Å². The van der Waals surface area contributed by atoms with Crippen molar-refractivity contribution in [2.24, 2.45) is 5.92 Å². The first-order valence-electron chi connectivity index (χ1n) is 9.25.